The van der Waals surface area contributed by atoms with E-state index in [4.69, 9.17) is 14.2 Å². The first-order valence-corrected chi connectivity index (χ1v) is 12.9. The molecule has 38 heavy (non-hydrogen) atoms. The quantitative estimate of drug-likeness (QED) is 0.284. The Balaban J connectivity index is 1.55. The van der Waals surface area contributed by atoms with Gasteiger partial charge in [0, 0.05) is 17.7 Å². The predicted octanol–water partition coefficient (Wildman–Crippen LogP) is 5.98. The molecule has 1 aliphatic heterocycles. The number of nitrogens with zero attached hydrogens (tertiary/aromatic N) is 2. The summed E-state index contributed by atoms with van der Waals surface area (Å²) in [5, 5.41) is 7.64. The van der Waals surface area contributed by atoms with Gasteiger partial charge in [-0.25, -0.2) is 0 Å². The van der Waals surface area contributed by atoms with Crippen molar-refractivity contribution in [3.05, 3.63) is 94.7 Å². The minimum atomic E-state index is -0.320. The van der Waals surface area contributed by atoms with Crippen molar-refractivity contribution in [2.24, 2.45) is 0 Å². The molecule has 1 aliphatic rings. The number of hydrogen-bond donors (Lipinski definition) is 1. The maximum Gasteiger partial charge on any atom is 0.273 e. The van der Waals surface area contributed by atoms with E-state index in [1.165, 1.54) is 5.56 Å². The lowest BCUT2D eigenvalue weighted by molar-refractivity contribution is 0.0745. The van der Waals surface area contributed by atoms with Gasteiger partial charge in [-0.3, -0.25) is 9.89 Å². The minimum absolute atomic E-state index is 0.0605. The summed E-state index contributed by atoms with van der Waals surface area (Å²) < 4.78 is 16.9. The summed E-state index contributed by atoms with van der Waals surface area (Å²) in [4.78, 5) is 15.7. The number of nitrogens with one attached hydrogen (secondary N) is 1. The molecule has 7 nitrogen and oxygen atoms in total. The fraction of sp³-hybridized carbons (Fsp3) is 0.290. The number of amides is 1. The highest BCUT2D eigenvalue weighted by Crippen LogP contribution is 2.44. The number of aromatic nitrogens is 2. The van der Waals surface area contributed by atoms with E-state index >= 15 is 0 Å². The van der Waals surface area contributed by atoms with Gasteiger partial charge in [-0.1, -0.05) is 55.0 Å². The van der Waals surface area contributed by atoms with Crippen LogP contribution in [0.15, 0.2) is 66.7 Å². The van der Waals surface area contributed by atoms with Crippen molar-refractivity contribution in [1.29, 1.82) is 0 Å². The van der Waals surface area contributed by atoms with Crippen LogP contribution in [0.2, 0.25) is 0 Å². The SMILES string of the molecule is CCCOc1ccc(C2c3c(-c4ccc(C)cc4)n[nH]c3C(=O)N2CCc2ccc(OC)cc2)cc1OC. The highest BCUT2D eigenvalue weighted by Gasteiger charge is 2.42. The number of rotatable bonds is 10. The first-order chi connectivity index (χ1) is 18.5. The number of aryl methyl sites for hydroxylation is 1. The van der Waals surface area contributed by atoms with Crippen LogP contribution in [0.25, 0.3) is 11.3 Å². The second-order valence-corrected chi connectivity index (χ2v) is 9.48. The van der Waals surface area contributed by atoms with Crippen molar-refractivity contribution in [2.45, 2.75) is 32.7 Å². The Kier molecular flexibility index (Phi) is 7.36. The van der Waals surface area contributed by atoms with Crippen molar-refractivity contribution >= 4 is 5.91 Å². The van der Waals surface area contributed by atoms with E-state index < -0.39 is 0 Å². The van der Waals surface area contributed by atoms with E-state index in [2.05, 4.69) is 48.3 Å². The first-order valence-electron chi connectivity index (χ1n) is 12.9. The summed E-state index contributed by atoms with van der Waals surface area (Å²) in [5.74, 6) is 2.09. The zero-order valence-corrected chi connectivity index (χ0v) is 22.3. The Morgan fingerprint density at radius 1 is 0.947 bits per heavy atom. The largest absolute Gasteiger partial charge is 0.497 e. The number of carbonyl (C=O) groups is 1. The average Bonchev–Trinajstić information content (AvgIpc) is 3.50. The zero-order valence-electron chi connectivity index (χ0n) is 22.3. The molecule has 0 aliphatic carbocycles. The van der Waals surface area contributed by atoms with Crippen LogP contribution >= 0.6 is 0 Å². The molecule has 1 aromatic heterocycles. The van der Waals surface area contributed by atoms with Gasteiger partial charge >= 0.3 is 0 Å². The number of methoxy groups -OCH3 is 2. The lowest BCUT2D eigenvalue weighted by Gasteiger charge is -2.27. The number of ether oxygens (including phenoxy) is 3. The molecule has 4 aromatic rings. The lowest BCUT2D eigenvalue weighted by atomic mass is 9.95. The molecule has 2 heterocycles. The second kappa shape index (κ2) is 11.0. The molecule has 1 amide bonds. The van der Waals surface area contributed by atoms with Crippen molar-refractivity contribution < 1.29 is 19.0 Å². The molecular formula is C31H33N3O4. The van der Waals surface area contributed by atoms with E-state index in [0.29, 0.717) is 36.8 Å². The summed E-state index contributed by atoms with van der Waals surface area (Å²) in [6, 6.07) is 21.8. The Hall–Kier alpha value is -4.26. The Morgan fingerprint density at radius 3 is 2.39 bits per heavy atom. The molecule has 3 aromatic carbocycles. The topological polar surface area (TPSA) is 76.7 Å². The fourth-order valence-corrected chi connectivity index (χ4v) is 4.93. The van der Waals surface area contributed by atoms with Crippen LogP contribution in [0.5, 0.6) is 17.2 Å². The predicted molar refractivity (Wildman–Crippen MR) is 147 cm³/mol. The van der Waals surface area contributed by atoms with Crippen LogP contribution in [0.1, 0.15) is 52.1 Å². The molecule has 7 heteroatoms. The highest BCUT2D eigenvalue weighted by atomic mass is 16.5. The summed E-state index contributed by atoms with van der Waals surface area (Å²) >= 11 is 0. The van der Waals surface area contributed by atoms with Gasteiger partial charge in [-0.15, -0.1) is 0 Å². The van der Waals surface area contributed by atoms with Gasteiger partial charge in [0.15, 0.2) is 11.5 Å². The number of fused-ring (bicyclic) bond motifs is 1. The van der Waals surface area contributed by atoms with E-state index in [1.54, 1.807) is 14.2 Å². The fourth-order valence-electron chi connectivity index (χ4n) is 4.93. The molecular weight excluding hydrogens is 478 g/mol. The maximum atomic E-state index is 13.7. The second-order valence-electron chi connectivity index (χ2n) is 9.48. The Bertz CT molecular complexity index is 1410. The van der Waals surface area contributed by atoms with Gasteiger partial charge in [0.1, 0.15) is 11.4 Å². The van der Waals surface area contributed by atoms with Crippen LogP contribution in [-0.4, -0.2) is 48.4 Å². The number of aromatic amines is 1. The number of benzene rings is 3. The maximum absolute atomic E-state index is 13.7. The van der Waals surface area contributed by atoms with Gasteiger partial charge in [-0.05, 0) is 55.2 Å². The van der Waals surface area contributed by atoms with Crippen molar-refractivity contribution in [1.82, 2.24) is 15.1 Å². The molecule has 196 valence electrons. The molecule has 5 rings (SSSR count). The van der Waals surface area contributed by atoms with E-state index in [1.807, 2.05) is 47.4 Å². The number of H-pyrrole nitrogens is 1. The molecule has 1 unspecified atom stereocenters. The molecule has 1 atom stereocenters. The number of hydrogen-bond acceptors (Lipinski definition) is 5. The molecule has 0 fully saturated rings. The zero-order chi connectivity index (χ0) is 26.6. The van der Waals surface area contributed by atoms with Gasteiger partial charge in [0.2, 0.25) is 0 Å². The first kappa shape index (κ1) is 25.4. The molecule has 1 N–H and O–H groups in total. The van der Waals surface area contributed by atoms with Crippen molar-refractivity contribution in [2.75, 3.05) is 27.4 Å². The van der Waals surface area contributed by atoms with Crippen LogP contribution < -0.4 is 14.2 Å². The Labute approximate surface area is 223 Å². The van der Waals surface area contributed by atoms with Crippen molar-refractivity contribution in [3.8, 4) is 28.5 Å². The van der Waals surface area contributed by atoms with E-state index in [-0.39, 0.29) is 11.9 Å². The van der Waals surface area contributed by atoms with Gasteiger partial charge in [-0.2, -0.15) is 5.10 Å². The monoisotopic (exact) mass is 511 g/mol. The van der Waals surface area contributed by atoms with E-state index in [9.17, 15) is 4.79 Å². The molecule has 0 spiro atoms. The highest BCUT2D eigenvalue weighted by molar-refractivity contribution is 6.00. The van der Waals surface area contributed by atoms with Crippen LogP contribution in [0, 0.1) is 6.92 Å². The van der Waals surface area contributed by atoms with Crippen molar-refractivity contribution in [3.63, 3.8) is 0 Å². The van der Waals surface area contributed by atoms with Gasteiger partial charge < -0.3 is 19.1 Å². The minimum Gasteiger partial charge on any atom is -0.497 e. The third-order valence-corrected chi connectivity index (χ3v) is 6.95. The normalized spacial score (nSPS) is 14.5. The van der Waals surface area contributed by atoms with E-state index in [0.717, 1.165) is 40.1 Å². The molecule has 0 radical (unpaired) electrons. The van der Waals surface area contributed by atoms with Crippen LogP contribution in [-0.2, 0) is 6.42 Å². The Morgan fingerprint density at radius 2 is 1.71 bits per heavy atom. The third kappa shape index (κ3) is 4.84. The summed E-state index contributed by atoms with van der Waals surface area (Å²) in [6.07, 6.45) is 1.61. The smallest absolute Gasteiger partial charge is 0.273 e. The average molecular weight is 512 g/mol. The van der Waals surface area contributed by atoms with Gasteiger partial charge in [0.25, 0.3) is 5.91 Å². The van der Waals surface area contributed by atoms with Crippen LogP contribution in [0.3, 0.4) is 0 Å². The third-order valence-electron chi connectivity index (χ3n) is 6.95. The summed E-state index contributed by atoms with van der Waals surface area (Å²) in [7, 11) is 3.29. The van der Waals surface area contributed by atoms with Gasteiger partial charge in [0.05, 0.1) is 32.6 Å². The standard InChI is InChI=1S/C31H33N3O4/c1-5-18-38-25-15-12-23(19-26(25)37-4)30-27-28(22-10-6-20(2)7-11-22)32-33-29(27)31(35)34(30)17-16-21-8-13-24(36-3)14-9-21/h6-15,19,30H,5,16-18H2,1-4H3,(H,32,33). The molecule has 0 saturated carbocycles. The molecule has 0 bridgehead atoms. The lowest BCUT2D eigenvalue weighted by Crippen LogP contribution is -2.31. The molecule has 0 saturated heterocycles. The summed E-state index contributed by atoms with van der Waals surface area (Å²) in [6.45, 7) is 5.27. The summed E-state index contributed by atoms with van der Waals surface area (Å²) in [5.41, 5.74) is 6.42. The number of carbonyl (C=O) groups excluding carboxylic acids is 1. The van der Waals surface area contributed by atoms with Crippen LogP contribution in [0.4, 0.5) is 0 Å².